The molecule has 2 aliphatic heterocycles. The Morgan fingerprint density at radius 1 is 1.25 bits per heavy atom. The van der Waals surface area contributed by atoms with Crippen molar-refractivity contribution in [3.63, 3.8) is 0 Å². The van der Waals surface area contributed by atoms with Crippen molar-refractivity contribution in [2.24, 2.45) is 16.7 Å². The summed E-state index contributed by atoms with van der Waals surface area (Å²) in [5.74, 6) is 1.45. The number of nitrogens with zero attached hydrogens (tertiary/aromatic N) is 3. The normalized spacial score (nSPS) is 33.4. The van der Waals surface area contributed by atoms with Crippen LogP contribution >= 0.6 is 0 Å². The highest BCUT2D eigenvalue weighted by molar-refractivity contribution is 6.06. The Hall–Kier alpha value is -2.12. The second-order valence-electron chi connectivity index (χ2n) is 11.1. The molecule has 7 nitrogen and oxygen atoms in total. The maximum absolute atomic E-state index is 13.6. The molecule has 32 heavy (non-hydrogen) atoms. The summed E-state index contributed by atoms with van der Waals surface area (Å²) in [7, 11) is 0. The zero-order valence-corrected chi connectivity index (χ0v) is 19.4. The molecule has 2 aromatic rings. The predicted molar refractivity (Wildman–Crippen MR) is 122 cm³/mol. The Balaban J connectivity index is 1.32. The summed E-state index contributed by atoms with van der Waals surface area (Å²) in [6.45, 7) is 11.8. The monoisotopic (exact) mass is 438 g/mol. The summed E-state index contributed by atoms with van der Waals surface area (Å²) in [5.41, 5.74) is 1.77. The smallest absolute Gasteiger partial charge is 0.272 e. The zero-order valence-electron chi connectivity index (χ0n) is 19.4. The first-order valence-electron chi connectivity index (χ1n) is 12.1. The van der Waals surface area contributed by atoms with Gasteiger partial charge in [-0.05, 0) is 42.1 Å². The fourth-order valence-corrected chi connectivity index (χ4v) is 7.04. The van der Waals surface area contributed by atoms with Crippen LogP contribution in [0.4, 0.5) is 0 Å². The number of hydrogen-bond acceptors (Lipinski definition) is 5. The van der Waals surface area contributed by atoms with E-state index in [0.29, 0.717) is 18.2 Å². The molecule has 3 unspecified atom stereocenters. The molecule has 1 aromatic carbocycles. The van der Waals surface area contributed by atoms with Gasteiger partial charge in [0.2, 0.25) is 0 Å². The van der Waals surface area contributed by atoms with Gasteiger partial charge >= 0.3 is 0 Å². The zero-order chi connectivity index (χ0) is 22.1. The molecule has 1 aromatic heterocycles. The molecule has 3 heterocycles. The summed E-state index contributed by atoms with van der Waals surface area (Å²) in [4.78, 5) is 16.0. The van der Waals surface area contributed by atoms with Gasteiger partial charge in [0.25, 0.3) is 5.91 Å². The fraction of sp³-hybridized carbons (Fsp3) is 0.680. The van der Waals surface area contributed by atoms with Crippen LogP contribution in [0.2, 0.25) is 0 Å². The Morgan fingerprint density at radius 2 is 2.06 bits per heavy atom. The number of nitrogens with one attached hydrogen (secondary N) is 1. The van der Waals surface area contributed by atoms with Crippen LogP contribution in [0.3, 0.4) is 0 Å². The van der Waals surface area contributed by atoms with Crippen LogP contribution < -0.4 is 10.1 Å². The van der Waals surface area contributed by atoms with Gasteiger partial charge in [-0.1, -0.05) is 32.9 Å². The first-order valence-corrected chi connectivity index (χ1v) is 12.1. The van der Waals surface area contributed by atoms with E-state index in [2.05, 4.69) is 31.0 Å². The van der Waals surface area contributed by atoms with Crippen molar-refractivity contribution in [2.75, 3.05) is 39.5 Å². The van der Waals surface area contributed by atoms with E-state index in [1.807, 2.05) is 22.9 Å². The molecule has 6 rings (SSSR count). The van der Waals surface area contributed by atoms with Gasteiger partial charge in [-0.2, -0.15) is 5.10 Å². The Kier molecular flexibility index (Phi) is 4.60. The molecule has 2 saturated carbocycles. The number of hydrogen-bond donors (Lipinski definition) is 1. The summed E-state index contributed by atoms with van der Waals surface area (Å²) < 4.78 is 13.7. The average Bonchev–Trinajstić information content (AvgIpc) is 3.42. The van der Waals surface area contributed by atoms with Crippen molar-refractivity contribution in [1.29, 1.82) is 0 Å². The number of morpholine rings is 1. The molecule has 0 radical (unpaired) electrons. The molecule has 4 aliphatic rings. The lowest BCUT2D eigenvalue weighted by atomic mass is 9.68. The lowest BCUT2D eigenvalue weighted by molar-refractivity contribution is 0.0262. The van der Waals surface area contributed by atoms with Gasteiger partial charge in [0.15, 0.2) is 5.69 Å². The largest absolute Gasteiger partial charge is 0.489 e. The van der Waals surface area contributed by atoms with E-state index < -0.39 is 0 Å². The maximum atomic E-state index is 13.6. The van der Waals surface area contributed by atoms with E-state index in [1.165, 1.54) is 19.3 Å². The number of amides is 1. The summed E-state index contributed by atoms with van der Waals surface area (Å²) in [6, 6.07) is 6.21. The van der Waals surface area contributed by atoms with Crippen molar-refractivity contribution in [1.82, 2.24) is 20.0 Å². The maximum Gasteiger partial charge on any atom is 0.272 e. The molecule has 7 heteroatoms. The molecule has 2 aliphatic carbocycles. The third-order valence-electron chi connectivity index (χ3n) is 8.80. The standard InChI is InChI=1S/C25H34N4O3/c1-24(2)16-7-8-25(3,13-16)23(24)26-22(30)20-18-5-4-6-19-21(18)29(27-20)17(15-32-19)14-28-9-11-31-12-10-28/h4-6,16-17,23H,7-15H2,1-3H3,(H,26,30)/t16?,17?,23?,25-/m0/s1. The van der Waals surface area contributed by atoms with Crippen molar-refractivity contribution in [3.05, 3.63) is 23.9 Å². The summed E-state index contributed by atoms with van der Waals surface area (Å²) >= 11 is 0. The van der Waals surface area contributed by atoms with Gasteiger partial charge < -0.3 is 14.8 Å². The van der Waals surface area contributed by atoms with E-state index >= 15 is 0 Å². The van der Waals surface area contributed by atoms with Crippen LogP contribution in [-0.4, -0.2) is 66.1 Å². The number of aromatic nitrogens is 2. The van der Waals surface area contributed by atoms with Crippen LogP contribution in [0.5, 0.6) is 5.75 Å². The molecule has 1 N–H and O–H groups in total. The molecule has 1 saturated heterocycles. The van der Waals surface area contributed by atoms with E-state index in [4.69, 9.17) is 14.6 Å². The van der Waals surface area contributed by atoms with Gasteiger partial charge in [0.05, 0.1) is 19.3 Å². The summed E-state index contributed by atoms with van der Waals surface area (Å²) in [5, 5.41) is 9.24. The van der Waals surface area contributed by atoms with Gasteiger partial charge in [0, 0.05) is 31.1 Å². The molecule has 3 fully saturated rings. The number of para-hydroxylation sites is 1. The minimum atomic E-state index is -0.0511. The topological polar surface area (TPSA) is 68.6 Å². The molecule has 0 spiro atoms. The SMILES string of the molecule is CC1(C)C2CC[C@@](C)(C2)C1NC(=O)c1nn2c3c(cccc13)OCC2CN1CCOCC1. The van der Waals surface area contributed by atoms with E-state index in [-0.39, 0.29) is 28.8 Å². The minimum absolute atomic E-state index is 0.0511. The lowest BCUT2D eigenvalue weighted by Crippen LogP contribution is -2.52. The number of ether oxygens (including phenoxy) is 2. The quantitative estimate of drug-likeness (QED) is 0.794. The Labute approximate surface area is 189 Å². The molecule has 4 atom stereocenters. The first-order chi connectivity index (χ1) is 15.4. The second kappa shape index (κ2) is 7.19. The highest BCUT2D eigenvalue weighted by Crippen LogP contribution is 2.62. The third kappa shape index (κ3) is 3.00. The number of rotatable bonds is 4. The van der Waals surface area contributed by atoms with Crippen molar-refractivity contribution in [2.45, 2.75) is 52.1 Å². The minimum Gasteiger partial charge on any atom is -0.489 e. The van der Waals surface area contributed by atoms with Gasteiger partial charge in [-0.25, -0.2) is 0 Å². The van der Waals surface area contributed by atoms with Gasteiger partial charge in [-0.15, -0.1) is 0 Å². The van der Waals surface area contributed by atoms with Crippen LogP contribution in [-0.2, 0) is 4.74 Å². The van der Waals surface area contributed by atoms with E-state index in [0.717, 1.165) is 49.5 Å². The Morgan fingerprint density at radius 3 is 2.81 bits per heavy atom. The Bertz CT molecular complexity index is 1050. The number of carbonyl (C=O) groups is 1. The molecular formula is C25H34N4O3. The summed E-state index contributed by atoms with van der Waals surface area (Å²) in [6.07, 6.45) is 3.68. The molecule has 1 amide bonds. The highest BCUT2D eigenvalue weighted by Gasteiger charge is 2.59. The number of benzene rings is 1. The van der Waals surface area contributed by atoms with Crippen molar-refractivity contribution < 1.29 is 14.3 Å². The second-order valence-corrected chi connectivity index (χ2v) is 11.1. The van der Waals surface area contributed by atoms with Crippen LogP contribution in [0.1, 0.15) is 56.6 Å². The number of fused-ring (bicyclic) bond motifs is 2. The molecule has 2 bridgehead atoms. The fourth-order valence-electron chi connectivity index (χ4n) is 7.04. The third-order valence-corrected chi connectivity index (χ3v) is 8.80. The predicted octanol–water partition coefficient (Wildman–Crippen LogP) is 3.25. The van der Waals surface area contributed by atoms with E-state index in [9.17, 15) is 4.79 Å². The average molecular weight is 439 g/mol. The van der Waals surface area contributed by atoms with Gasteiger partial charge in [0.1, 0.15) is 17.9 Å². The van der Waals surface area contributed by atoms with E-state index in [1.54, 1.807) is 0 Å². The van der Waals surface area contributed by atoms with Crippen LogP contribution in [0.25, 0.3) is 10.9 Å². The van der Waals surface area contributed by atoms with Crippen LogP contribution in [0.15, 0.2) is 18.2 Å². The molecule has 172 valence electrons. The highest BCUT2D eigenvalue weighted by atomic mass is 16.5. The van der Waals surface area contributed by atoms with Crippen molar-refractivity contribution in [3.8, 4) is 5.75 Å². The van der Waals surface area contributed by atoms with Crippen LogP contribution in [0, 0.1) is 16.7 Å². The first kappa shape index (κ1) is 20.5. The van der Waals surface area contributed by atoms with Crippen molar-refractivity contribution >= 4 is 16.8 Å². The number of carbonyl (C=O) groups excluding carboxylic acids is 1. The van der Waals surface area contributed by atoms with Gasteiger partial charge in [-0.3, -0.25) is 14.4 Å². The lowest BCUT2D eigenvalue weighted by Gasteiger charge is -2.43. The molecular weight excluding hydrogens is 404 g/mol.